The molecule has 0 radical (unpaired) electrons. The largest absolute Gasteiger partial charge is 0.493 e. The van der Waals surface area contributed by atoms with Crippen LogP contribution >= 0.6 is 22.3 Å². The third-order valence-corrected chi connectivity index (χ3v) is 3.84. The third kappa shape index (κ3) is 5.42. The molecule has 102 valence electrons. The zero-order valence-electron chi connectivity index (χ0n) is 9.91. The molecule has 0 heterocycles. The van der Waals surface area contributed by atoms with Gasteiger partial charge in [-0.1, -0.05) is 25.4 Å². The Morgan fingerprint density at radius 2 is 2.00 bits per heavy atom. The molecule has 18 heavy (non-hydrogen) atoms. The number of ether oxygens (including phenoxy) is 1. The molecule has 0 unspecified atom stereocenters. The summed E-state index contributed by atoms with van der Waals surface area (Å²) in [6.07, 6.45) is 0. The first kappa shape index (κ1) is 15.5. The second-order valence-electron chi connectivity index (χ2n) is 4.71. The number of hydrogen-bond acceptors (Lipinski definition) is 3. The van der Waals surface area contributed by atoms with E-state index in [0.717, 1.165) is 6.07 Å². The van der Waals surface area contributed by atoms with E-state index in [0.29, 0.717) is 0 Å². The highest BCUT2D eigenvalue weighted by molar-refractivity contribution is 8.13. The van der Waals surface area contributed by atoms with E-state index in [2.05, 4.69) is 0 Å². The van der Waals surface area contributed by atoms with E-state index in [1.165, 1.54) is 12.1 Å². The number of halogens is 3. The number of benzene rings is 1. The summed E-state index contributed by atoms with van der Waals surface area (Å²) in [5, 5.41) is 0.00458. The van der Waals surface area contributed by atoms with E-state index in [4.69, 9.17) is 27.0 Å². The number of rotatable bonds is 5. The lowest BCUT2D eigenvalue weighted by atomic mass is 9.98. The lowest BCUT2D eigenvalue weighted by molar-refractivity contribution is 0.199. The van der Waals surface area contributed by atoms with Crippen LogP contribution in [0.25, 0.3) is 0 Å². The summed E-state index contributed by atoms with van der Waals surface area (Å²) in [7, 11) is 1.58. The normalized spacial score (nSPS) is 12.5. The van der Waals surface area contributed by atoms with Crippen LogP contribution in [-0.4, -0.2) is 20.8 Å². The molecule has 0 aliphatic carbocycles. The Morgan fingerprint density at radius 3 is 2.50 bits per heavy atom. The SMILES string of the molecule is CC(C)(COc1ccc(Cl)c(F)c1)CS(=O)(=O)Cl. The summed E-state index contributed by atoms with van der Waals surface area (Å²) in [6.45, 7) is 3.48. The van der Waals surface area contributed by atoms with Crippen LogP contribution in [0, 0.1) is 11.2 Å². The molecule has 0 aliphatic heterocycles. The Labute approximate surface area is 115 Å². The van der Waals surface area contributed by atoms with Crippen molar-refractivity contribution >= 4 is 31.3 Å². The smallest absolute Gasteiger partial charge is 0.233 e. The van der Waals surface area contributed by atoms with E-state index in [1.54, 1.807) is 13.8 Å². The van der Waals surface area contributed by atoms with Gasteiger partial charge in [0, 0.05) is 22.2 Å². The standard InChI is InChI=1S/C11H13Cl2FO3S/c1-11(2,7-18(13,15)16)6-17-8-3-4-9(12)10(14)5-8/h3-5H,6-7H2,1-2H3. The molecule has 0 saturated heterocycles. The minimum Gasteiger partial charge on any atom is -0.493 e. The molecule has 0 spiro atoms. The van der Waals surface area contributed by atoms with Gasteiger partial charge in [0.25, 0.3) is 0 Å². The minimum atomic E-state index is -3.60. The molecule has 3 nitrogen and oxygen atoms in total. The summed E-state index contributed by atoms with van der Waals surface area (Å²) >= 11 is 5.53. The van der Waals surface area contributed by atoms with Crippen molar-refractivity contribution in [2.75, 3.05) is 12.4 Å². The van der Waals surface area contributed by atoms with Crippen molar-refractivity contribution in [3.63, 3.8) is 0 Å². The Kier molecular flexibility index (Phi) is 4.86. The van der Waals surface area contributed by atoms with Crippen molar-refractivity contribution in [2.24, 2.45) is 5.41 Å². The van der Waals surface area contributed by atoms with Gasteiger partial charge in [0.1, 0.15) is 11.6 Å². The molecule has 0 aliphatic rings. The highest BCUT2D eigenvalue weighted by Crippen LogP contribution is 2.24. The van der Waals surface area contributed by atoms with Gasteiger partial charge >= 0.3 is 0 Å². The monoisotopic (exact) mass is 314 g/mol. The van der Waals surface area contributed by atoms with Gasteiger partial charge in [-0.15, -0.1) is 0 Å². The van der Waals surface area contributed by atoms with Gasteiger partial charge in [-0.25, -0.2) is 12.8 Å². The Morgan fingerprint density at radius 1 is 1.39 bits per heavy atom. The quantitative estimate of drug-likeness (QED) is 0.782. The molecular formula is C11H13Cl2FO3S. The van der Waals surface area contributed by atoms with Crippen LogP contribution in [0.3, 0.4) is 0 Å². The van der Waals surface area contributed by atoms with Gasteiger partial charge in [0.05, 0.1) is 17.4 Å². The molecular weight excluding hydrogens is 302 g/mol. The zero-order chi connectivity index (χ0) is 14.0. The van der Waals surface area contributed by atoms with E-state index in [9.17, 15) is 12.8 Å². The van der Waals surface area contributed by atoms with Crippen LogP contribution in [0.1, 0.15) is 13.8 Å². The maximum Gasteiger partial charge on any atom is 0.233 e. The Bertz CT molecular complexity index is 529. The molecule has 7 heteroatoms. The van der Waals surface area contributed by atoms with E-state index in [1.807, 2.05) is 0 Å². The predicted molar refractivity (Wildman–Crippen MR) is 70.3 cm³/mol. The van der Waals surface area contributed by atoms with Crippen molar-refractivity contribution in [1.29, 1.82) is 0 Å². The first-order valence-corrected chi connectivity index (χ1v) is 7.95. The van der Waals surface area contributed by atoms with Crippen LogP contribution in [0.5, 0.6) is 5.75 Å². The van der Waals surface area contributed by atoms with Gasteiger partial charge in [0.15, 0.2) is 0 Å². The fourth-order valence-electron chi connectivity index (χ4n) is 1.35. The molecule has 0 saturated carbocycles. The average Bonchev–Trinajstić information content (AvgIpc) is 2.16. The zero-order valence-corrected chi connectivity index (χ0v) is 12.2. The number of hydrogen-bond donors (Lipinski definition) is 0. The first-order chi connectivity index (χ1) is 8.09. The molecule has 0 amide bonds. The third-order valence-electron chi connectivity index (χ3n) is 2.08. The predicted octanol–water partition coefficient (Wildman–Crippen LogP) is 3.45. The van der Waals surface area contributed by atoms with Crippen molar-refractivity contribution in [1.82, 2.24) is 0 Å². The van der Waals surface area contributed by atoms with E-state index >= 15 is 0 Å². The highest BCUT2D eigenvalue weighted by Gasteiger charge is 2.26. The summed E-state index contributed by atoms with van der Waals surface area (Å²) in [5.41, 5.74) is -0.670. The summed E-state index contributed by atoms with van der Waals surface area (Å²) < 4.78 is 40.5. The molecule has 0 bridgehead atoms. The maximum atomic E-state index is 13.1. The summed E-state index contributed by atoms with van der Waals surface area (Å²) in [5.74, 6) is -0.522. The lowest BCUT2D eigenvalue weighted by Crippen LogP contribution is -2.28. The second kappa shape index (κ2) is 5.63. The van der Waals surface area contributed by atoms with Crippen molar-refractivity contribution in [3.8, 4) is 5.75 Å². The molecule has 1 rings (SSSR count). The van der Waals surface area contributed by atoms with Crippen LogP contribution in [0.2, 0.25) is 5.02 Å². The van der Waals surface area contributed by atoms with Crippen LogP contribution in [0.4, 0.5) is 4.39 Å². The van der Waals surface area contributed by atoms with Gasteiger partial charge in [-0.3, -0.25) is 0 Å². The minimum absolute atomic E-state index is 0.00458. The summed E-state index contributed by atoms with van der Waals surface area (Å²) in [4.78, 5) is 0. The topological polar surface area (TPSA) is 43.4 Å². The van der Waals surface area contributed by atoms with Crippen LogP contribution in [-0.2, 0) is 9.05 Å². The van der Waals surface area contributed by atoms with Crippen LogP contribution in [0.15, 0.2) is 18.2 Å². The Hall–Kier alpha value is -0.520. The molecule has 0 N–H and O–H groups in total. The maximum absolute atomic E-state index is 13.1. The summed E-state index contributed by atoms with van der Waals surface area (Å²) in [6, 6.07) is 4.03. The van der Waals surface area contributed by atoms with Gasteiger partial charge in [-0.2, -0.15) is 0 Å². The van der Waals surface area contributed by atoms with Gasteiger partial charge in [0.2, 0.25) is 9.05 Å². The van der Waals surface area contributed by atoms with Crippen LogP contribution < -0.4 is 4.74 Å². The molecule has 0 aromatic heterocycles. The van der Waals surface area contributed by atoms with Crippen molar-refractivity contribution in [3.05, 3.63) is 29.0 Å². The second-order valence-corrected chi connectivity index (χ2v) is 7.90. The fraction of sp³-hybridized carbons (Fsp3) is 0.455. The molecule has 0 fully saturated rings. The van der Waals surface area contributed by atoms with E-state index in [-0.39, 0.29) is 23.1 Å². The van der Waals surface area contributed by atoms with Crippen molar-refractivity contribution in [2.45, 2.75) is 13.8 Å². The highest BCUT2D eigenvalue weighted by atomic mass is 35.7. The first-order valence-electron chi connectivity index (χ1n) is 5.09. The molecule has 1 aromatic rings. The molecule has 1 aromatic carbocycles. The fourth-order valence-corrected chi connectivity index (χ4v) is 3.37. The lowest BCUT2D eigenvalue weighted by Gasteiger charge is -2.23. The van der Waals surface area contributed by atoms with Gasteiger partial charge in [-0.05, 0) is 12.1 Å². The average molecular weight is 315 g/mol. The van der Waals surface area contributed by atoms with Crippen molar-refractivity contribution < 1.29 is 17.5 Å². The van der Waals surface area contributed by atoms with Gasteiger partial charge < -0.3 is 4.74 Å². The molecule has 0 atom stereocenters. The Balaban J connectivity index is 2.67. The van der Waals surface area contributed by atoms with E-state index < -0.39 is 20.3 Å².